The molecule has 26 heavy (non-hydrogen) atoms. The first-order valence-electron chi connectivity index (χ1n) is 9.12. The van der Waals surface area contributed by atoms with Crippen LogP contribution in [0.4, 0.5) is 0 Å². The molecule has 0 bridgehead atoms. The molecule has 0 saturated heterocycles. The summed E-state index contributed by atoms with van der Waals surface area (Å²) in [6.45, 7) is 2.82. The van der Waals surface area contributed by atoms with Crippen LogP contribution in [0.5, 0.6) is 0 Å². The number of aromatic nitrogens is 2. The molecule has 4 N–H and O–H groups in total. The Morgan fingerprint density at radius 2 is 1.08 bits per heavy atom. The molecule has 1 heterocycles. The fourth-order valence-electron chi connectivity index (χ4n) is 2.66. The van der Waals surface area contributed by atoms with Crippen LogP contribution in [-0.2, 0) is 12.8 Å². The molecule has 0 unspecified atom stereocenters. The molecule has 0 radical (unpaired) electrons. The van der Waals surface area contributed by atoms with Crippen LogP contribution in [0.2, 0.25) is 0 Å². The molecule has 8 heteroatoms. The Bertz CT molecular complexity index is 424. The van der Waals surface area contributed by atoms with E-state index in [0.717, 1.165) is 37.3 Å². The third-order valence-electron chi connectivity index (χ3n) is 4.43. The molecule has 0 spiro atoms. The van der Waals surface area contributed by atoms with Crippen LogP contribution in [0.15, 0.2) is 12.4 Å². The summed E-state index contributed by atoms with van der Waals surface area (Å²) in [6, 6.07) is 0. The maximum Gasteiger partial charge on any atom is 0.0599 e. The van der Waals surface area contributed by atoms with Gasteiger partial charge in [-0.05, 0) is 14.1 Å². The van der Waals surface area contributed by atoms with Gasteiger partial charge in [-0.25, -0.2) is 0 Å². The van der Waals surface area contributed by atoms with Crippen molar-refractivity contribution in [1.82, 2.24) is 19.8 Å². The van der Waals surface area contributed by atoms with Crippen molar-refractivity contribution in [3.63, 3.8) is 0 Å². The SMILES string of the molecule is CN(CCc1cnc(CCN(C)CC(CO)CO)cn1)CC(CO)CO. The van der Waals surface area contributed by atoms with Crippen LogP contribution in [0.3, 0.4) is 0 Å². The second-order valence-electron chi connectivity index (χ2n) is 6.99. The molecule has 8 nitrogen and oxygen atoms in total. The average Bonchev–Trinajstić information content (AvgIpc) is 2.67. The zero-order valence-corrected chi connectivity index (χ0v) is 16.0. The van der Waals surface area contributed by atoms with Crippen molar-refractivity contribution in [3.05, 3.63) is 23.8 Å². The number of hydrogen-bond donors (Lipinski definition) is 4. The van der Waals surface area contributed by atoms with E-state index in [-0.39, 0.29) is 38.3 Å². The van der Waals surface area contributed by atoms with E-state index in [2.05, 4.69) is 19.8 Å². The fourth-order valence-corrected chi connectivity index (χ4v) is 2.66. The number of likely N-dealkylation sites (N-methyl/N-ethyl adjacent to an activating group) is 2. The Balaban J connectivity index is 2.34. The van der Waals surface area contributed by atoms with Crippen LogP contribution in [0.1, 0.15) is 11.4 Å². The lowest BCUT2D eigenvalue weighted by Gasteiger charge is -2.21. The monoisotopic (exact) mass is 370 g/mol. The zero-order chi connectivity index (χ0) is 19.4. The molecule has 150 valence electrons. The Morgan fingerprint density at radius 1 is 0.731 bits per heavy atom. The minimum absolute atomic E-state index is 0.0128. The summed E-state index contributed by atoms with van der Waals surface area (Å²) in [7, 11) is 3.92. The molecule has 0 fully saturated rings. The van der Waals surface area contributed by atoms with E-state index >= 15 is 0 Å². The number of rotatable bonds is 14. The first-order valence-corrected chi connectivity index (χ1v) is 9.12. The Kier molecular flexibility index (Phi) is 11.5. The lowest BCUT2D eigenvalue weighted by molar-refractivity contribution is 0.119. The van der Waals surface area contributed by atoms with Gasteiger partial charge in [-0.3, -0.25) is 9.97 Å². The smallest absolute Gasteiger partial charge is 0.0599 e. The van der Waals surface area contributed by atoms with Crippen LogP contribution in [0.25, 0.3) is 0 Å². The number of aliphatic hydroxyl groups excluding tert-OH is 4. The normalized spacial score (nSPS) is 12.1. The van der Waals surface area contributed by atoms with Crippen molar-refractivity contribution >= 4 is 0 Å². The minimum atomic E-state index is -0.110. The largest absolute Gasteiger partial charge is 0.396 e. The van der Waals surface area contributed by atoms with Crippen molar-refractivity contribution < 1.29 is 20.4 Å². The van der Waals surface area contributed by atoms with Gasteiger partial charge in [0.15, 0.2) is 0 Å². The predicted molar refractivity (Wildman–Crippen MR) is 99.8 cm³/mol. The molecule has 1 rings (SSSR count). The van der Waals surface area contributed by atoms with Gasteiger partial charge in [-0.1, -0.05) is 0 Å². The van der Waals surface area contributed by atoms with E-state index in [9.17, 15) is 0 Å². The van der Waals surface area contributed by atoms with Gasteiger partial charge >= 0.3 is 0 Å². The fraction of sp³-hybridized carbons (Fsp3) is 0.778. The van der Waals surface area contributed by atoms with Crippen LogP contribution >= 0.6 is 0 Å². The number of aliphatic hydroxyl groups is 4. The van der Waals surface area contributed by atoms with Crippen molar-refractivity contribution in [3.8, 4) is 0 Å². The Labute approximate surface area is 156 Å². The first-order chi connectivity index (χ1) is 12.5. The summed E-state index contributed by atoms with van der Waals surface area (Å²) < 4.78 is 0. The molecule has 1 aromatic heterocycles. The molecule has 0 amide bonds. The topological polar surface area (TPSA) is 113 Å². The summed E-state index contributed by atoms with van der Waals surface area (Å²) in [5, 5.41) is 36.5. The van der Waals surface area contributed by atoms with Crippen molar-refractivity contribution in [2.24, 2.45) is 11.8 Å². The lowest BCUT2D eigenvalue weighted by atomic mass is 10.1. The van der Waals surface area contributed by atoms with Crippen LogP contribution < -0.4 is 0 Å². The van der Waals surface area contributed by atoms with Crippen molar-refractivity contribution in [2.75, 3.05) is 66.7 Å². The maximum atomic E-state index is 9.12. The summed E-state index contributed by atoms with van der Waals surface area (Å²) in [6.07, 6.45) is 5.12. The predicted octanol–water partition coefficient (Wildman–Crippen LogP) is -1.37. The van der Waals surface area contributed by atoms with E-state index < -0.39 is 0 Å². The second kappa shape index (κ2) is 13.1. The van der Waals surface area contributed by atoms with Crippen LogP contribution in [0, 0.1) is 11.8 Å². The highest BCUT2D eigenvalue weighted by Gasteiger charge is 2.11. The third kappa shape index (κ3) is 8.98. The Hall–Kier alpha value is -1.16. The van der Waals surface area contributed by atoms with Gasteiger partial charge in [-0.15, -0.1) is 0 Å². The highest BCUT2D eigenvalue weighted by atomic mass is 16.3. The zero-order valence-electron chi connectivity index (χ0n) is 16.0. The number of hydrogen-bond acceptors (Lipinski definition) is 8. The van der Waals surface area contributed by atoms with Gasteiger partial charge in [0.1, 0.15) is 0 Å². The molecular weight excluding hydrogens is 336 g/mol. The summed E-state index contributed by atoms with van der Waals surface area (Å²) >= 11 is 0. The van der Waals surface area contributed by atoms with Crippen molar-refractivity contribution in [1.29, 1.82) is 0 Å². The van der Waals surface area contributed by atoms with Gasteiger partial charge in [0.05, 0.1) is 11.4 Å². The van der Waals surface area contributed by atoms with Crippen molar-refractivity contribution in [2.45, 2.75) is 12.8 Å². The van der Waals surface area contributed by atoms with E-state index in [4.69, 9.17) is 20.4 Å². The molecule has 1 aromatic rings. The van der Waals surface area contributed by atoms with Gasteiger partial charge in [0.2, 0.25) is 0 Å². The van der Waals surface area contributed by atoms with Gasteiger partial charge < -0.3 is 30.2 Å². The molecule has 0 atom stereocenters. The molecule has 0 aliphatic carbocycles. The van der Waals surface area contributed by atoms with E-state index in [1.54, 1.807) is 12.4 Å². The standard InChI is InChI=1S/C18H34N4O4/c1-21(9-15(11-23)12-24)5-3-17-7-20-18(8-19-17)4-6-22(2)10-16(13-25)14-26/h7-8,15-16,23-26H,3-6,9-14H2,1-2H3. The summed E-state index contributed by atoms with van der Waals surface area (Å²) in [5.41, 5.74) is 1.83. The molecular formula is C18H34N4O4. The highest BCUT2D eigenvalue weighted by Crippen LogP contribution is 2.03. The second-order valence-corrected chi connectivity index (χ2v) is 6.99. The third-order valence-corrected chi connectivity index (χ3v) is 4.43. The highest BCUT2D eigenvalue weighted by molar-refractivity contribution is 5.03. The summed E-state index contributed by atoms with van der Waals surface area (Å²) in [5.74, 6) is -0.219. The van der Waals surface area contributed by atoms with Crippen LogP contribution in [-0.4, -0.2) is 107 Å². The lowest BCUT2D eigenvalue weighted by Crippen LogP contribution is -2.31. The van der Waals surface area contributed by atoms with Gasteiger partial charge in [0.25, 0.3) is 0 Å². The van der Waals surface area contributed by atoms with E-state index in [1.807, 2.05) is 14.1 Å². The Morgan fingerprint density at radius 3 is 1.35 bits per heavy atom. The number of nitrogens with zero attached hydrogens (tertiary/aromatic N) is 4. The minimum Gasteiger partial charge on any atom is -0.396 e. The molecule has 0 aliphatic heterocycles. The maximum absolute atomic E-state index is 9.12. The molecule has 0 aromatic carbocycles. The van der Waals surface area contributed by atoms with Gasteiger partial charge in [-0.2, -0.15) is 0 Å². The molecule has 0 aliphatic rings. The summed E-state index contributed by atoms with van der Waals surface area (Å²) in [4.78, 5) is 13.0. The van der Waals surface area contributed by atoms with E-state index in [0.29, 0.717) is 13.1 Å². The van der Waals surface area contributed by atoms with Gasteiger partial charge in [0, 0.05) is 89.7 Å². The van der Waals surface area contributed by atoms with E-state index in [1.165, 1.54) is 0 Å². The first kappa shape index (κ1) is 22.9. The molecule has 0 saturated carbocycles. The average molecular weight is 370 g/mol. The quantitative estimate of drug-likeness (QED) is 0.317.